The minimum absolute atomic E-state index is 0.124. The maximum atomic E-state index is 6.08. The monoisotopic (exact) mass is 320 g/mol. The van der Waals surface area contributed by atoms with E-state index in [1.54, 1.807) is 7.11 Å². The van der Waals surface area contributed by atoms with E-state index < -0.39 is 0 Å². The van der Waals surface area contributed by atoms with Gasteiger partial charge in [-0.25, -0.2) is 0 Å². The largest absolute Gasteiger partial charge is 0.493 e. The van der Waals surface area contributed by atoms with Crippen LogP contribution in [0.15, 0.2) is 18.2 Å². The molecule has 0 aromatic heterocycles. The summed E-state index contributed by atoms with van der Waals surface area (Å²) in [5, 5.41) is 0. The molecule has 1 aromatic rings. The van der Waals surface area contributed by atoms with E-state index in [0.29, 0.717) is 18.6 Å². The van der Waals surface area contributed by atoms with Gasteiger partial charge < -0.3 is 19.9 Å². The topological polar surface area (TPSA) is 57.0 Å². The number of methoxy groups -OCH3 is 1. The first-order chi connectivity index (χ1) is 11.2. The van der Waals surface area contributed by atoms with Crippen molar-refractivity contribution in [3.63, 3.8) is 0 Å². The van der Waals surface area contributed by atoms with Gasteiger partial charge in [-0.2, -0.15) is 0 Å². The Morgan fingerprint density at radius 3 is 2.87 bits per heavy atom. The standard InChI is InChI=1S/C18H28N2O3/c1-20-11-13(10-19)8-16(20)14-5-6-17(18(9-14)21-2)23-15-4-3-7-22-12-15/h5-6,9,13,15-16H,3-4,7-8,10-12,19H2,1-2H3. The molecule has 3 rings (SSSR count). The van der Waals surface area contributed by atoms with E-state index in [4.69, 9.17) is 19.9 Å². The van der Waals surface area contributed by atoms with Crippen LogP contribution in [0.25, 0.3) is 0 Å². The summed E-state index contributed by atoms with van der Waals surface area (Å²) in [7, 11) is 3.86. The Kier molecular flexibility index (Phi) is 5.41. The molecule has 0 saturated carbocycles. The molecular formula is C18H28N2O3. The van der Waals surface area contributed by atoms with Crippen molar-refractivity contribution in [3.05, 3.63) is 23.8 Å². The molecule has 0 amide bonds. The van der Waals surface area contributed by atoms with Crippen LogP contribution in [0.4, 0.5) is 0 Å². The number of hydrogen-bond acceptors (Lipinski definition) is 5. The third-order valence-electron chi connectivity index (χ3n) is 4.95. The van der Waals surface area contributed by atoms with E-state index in [1.165, 1.54) is 5.56 Å². The smallest absolute Gasteiger partial charge is 0.161 e. The molecule has 0 radical (unpaired) electrons. The molecule has 2 heterocycles. The third kappa shape index (κ3) is 3.79. The van der Waals surface area contributed by atoms with Gasteiger partial charge in [-0.15, -0.1) is 0 Å². The summed E-state index contributed by atoms with van der Waals surface area (Å²) in [4.78, 5) is 2.38. The average molecular weight is 320 g/mol. The molecular weight excluding hydrogens is 292 g/mol. The van der Waals surface area contributed by atoms with Crippen molar-refractivity contribution in [2.45, 2.75) is 31.4 Å². The molecule has 0 bridgehead atoms. The molecule has 2 aliphatic heterocycles. The predicted molar refractivity (Wildman–Crippen MR) is 90.0 cm³/mol. The maximum Gasteiger partial charge on any atom is 0.161 e. The lowest BCUT2D eigenvalue weighted by Gasteiger charge is -2.25. The van der Waals surface area contributed by atoms with Crippen LogP contribution < -0.4 is 15.2 Å². The zero-order valence-corrected chi connectivity index (χ0v) is 14.2. The minimum atomic E-state index is 0.124. The molecule has 23 heavy (non-hydrogen) atoms. The van der Waals surface area contributed by atoms with Gasteiger partial charge in [0.15, 0.2) is 11.5 Å². The summed E-state index contributed by atoms with van der Waals surface area (Å²) < 4.78 is 17.1. The minimum Gasteiger partial charge on any atom is -0.493 e. The molecule has 5 heteroatoms. The molecule has 5 nitrogen and oxygen atoms in total. The fraction of sp³-hybridized carbons (Fsp3) is 0.667. The molecule has 128 valence electrons. The van der Waals surface area contributed by atoms with Gasteiger partial charge in [0.1, 0.15) is 6.10 Å². The second-order valence-corrected chi connectivity index (χ2v) is 6.66. The van der Waals surface area contributed by atoms with Crippen molar-refractivity contribution in [2.24, 2.45) is 11.7 Å². The highest BCUT2D eigenvalue weighted by atomic mass is 16.5. The SMILES string of the molecule is COc1cc(C2CC(CN)CN2C)ccc1OC1CCCOC1. The Morgan fingerprint density at radius 2 is 2.22 bits per heavy atom. The number of nitrogens with zero attached hydrogens (tertiary/aromatic N) is 1. The first kappa shape index (κ1) is 16.6. The molecule has 0 spiro atoms. The van der Waals surface area contributed by atoms with E-state index in [1.807, 2.05) is 6.07 Å². The van der Waals surface area contributed by atoms with Gasteiger partial charge in [-0.3, -0.25) is 4.90 Å². The fourth-order valence-corrected chi connectivity index (χ4v) is 3.64. The van der Waals surface area contributed by atoms with Gasteiger partial charge in [-0.05, 0) is 56.5 Å². The van der Waals surface area contributed by atoms with Gasteiger partial charge in [0, 0.05) is 19.2 Å². The van der Waals surface area contributed by atoms with E-state index in [2.05, 4.69) is 24.1 Å². The van der Waals surface area contributed by atoms with Crippen LogP contribution in [0.5, 0.6) is 11.5 Å². The molecule has 2 N–H and O–H groups in total. The maximum absolute atomic E-state index is 6.08. The highest BCUT2D eigenvalue weighted by Crippen LogP contribution is 2.38. The van der Waals surface area contributed by atoms with Crippen molar-refractivity contribution < 1.29 is 14.2 Å². The third-order valence-corrected chi connectivity index (χ3v) is 4.95. The Labute approximate surface area is 138 Å². The van der Waals surface area contributed by atoms with Crippen molar-refractivity contribution in [1.29, 1.82) is 0 Å². The molecule has 2 saturated heterocycles. The van der Waals surface area contributed by atoms with Gasteiger partial charge in [0.2, 0.25) is 0 Å². The number of hydrogen-bond donors (Lipinski definition) is 1. The number of ether oxygens (including phenoxy) is 3. The van der Waals surface area contributed by atoms with Crippen LogP contribution in [0.2, 0.25) is 0 Å². The molecule has 0 aliphatic carbocycles. The van der Waals surface area contributed by atoms with Gasteiger partial charge in [-0.1, -0.05) is 6.07 Å². The van der Waals surface area contributed by atoms with Crippen LogP contribution in [-0.4, -0.2) is 51.5 Å². The normalized spacial score (nSPS) is 28.7. The Bertz CT molecular complexity index is 517. The van der Waals surface area contributed by atoms with E-state index in [-0.39, 0.29) is 6.10 Å². The second kappa shape index (κ2) is 7.51. The van der Waals surface area contributed by atoms with Crippen molar-refractivity contribution >= 4 is 0 Å². The van der Waals surface area contributed by atoms with Crippen LogP contribution in [-0.2, 0) is 4.74 Å². The lowest BCUT2D eigenvalue weighted by molar-refractivity contribution is 0.00642. The highest BCUT2D eigenvalue weighted by molar-refractivity contribution is 5.44. The van der Waals surface area contributed by atoms with E-state index >= 15 is 0 Å². The predicted octanol–water partition coefficient (Wildman–Crippen LogP) is 2.20. The fourth-order valence-electron chi connectivity index (χ4n) is 3.64. The summed E-state index contributed by atoms with van der Waals surface area (Å²) >= 11 is 0. The second-order valence-electron chi connectivity index (χ2n) is 6.66. The molecule has 3 unspecified atom stereocenters. The summed E-state index contributed by atoms with van der Waals surface area (Å²) in [5.41, 5.74) is 7.11. The van der Waals surface area contributed by atoms with Crippen LogP contribution >= 0.6 is 0 Å². The Balaban J connectivity index is 1.74. The van der Waals surface area contributed by atoms with Crippen LogP contribution in [0, 0.1) is 5.92 Å². The van der Waals surface area contributed by atoms with Crippen molar-refractivity contribution in [3.8, 4) is 11.5 Å². The number of likely N-dealkylation sites (tertiary alicyclic amines) is 1. The first-order valence-electron chi connectivity index (χ1n) is 8.54. The zero-order chi connectivity index (χ0) is 16.2. The quantitative estimate of drug-likeness (QED) is 0.901. The number of nitrogens with two attached hydrogens (primary N) is 1. The summed E-state index contributed by atoms with van der Waals surface area (Å²) in [5.74, 6) is 2.19. The summed E-state index contributed by atoms with van der Waals surface area (Å²) in [6, 6.07) is 6.71. The van der Waals surface area contributed by atoms with E-state index in [0.717, 1.165) is 50.5 Å². The molecule has 1 aromatic carbocycles. The summed E-state index contributed by atoms with van der Waals surface area (Å²) in [6.07, 6.45) is 3.32. The van der Waals surface area contributed by atoms with Gasteiger partial charge in [0.05, 0.1) is 13.7 Å². The zero-order valence-electron chi connectivity index (χ0n) is 14.2. The molecule has 2 fully saturated rings. The van der Waals surface area contributed by atoms with Crippen LogP contribution in [0.3, 0.4) is 0 Å². The van der Waals surface area contributed by atoms with Gasteiger partial charge in [0.25, 0.3) is 0 Å². The van der Waals surface area contributed by atoms with Crippen LogP contribution in [0.1, 0.15) is 30.9 Å². The summed E-state index contributed by atoms with van der Waals surface area (Å²) in [6.45, 7) is 3.31. The lowest BCUT2D eigenvalue weighted by atomic mass is 9.99. The average Bonchev–Trinajstić information content (AvgIpc) is 2.97. The van der Waals surface area contributed by atoms with Crippen molar-refractivity contribution in [1.82, 2.24) is 4.90 Å². The number of benzene rings is 1. The Morgan fingerprint density at radius 1 is 1.35 bits per heavy atom. The molecule has 3 atom stereocenters. The first-order valence-corrected chi connectivity index (χ1v) is 8.54. The lowest BCUT2D eigenvalue weighted by Crippen LogP contribution is -2.28. The van der Waals surface area contributed by atoms with Gasteiger partial charge >= 0.3 is 0 Å². The van der Waals surface area contributed by atoms with Crippen molar-refractivity contribution in [2.75, 3.05) is 40.5 Å². The molecule has 2 aliphatic rings. The van der Waals surface area contributed by atoms with E-state index in [9.17, 15) is 0 Å². The Hall–Kier alpha value is -1.30. The highest BCUT2D eigenvalue weighted by Gasteiger charge is 2.30. The number of rotatable bonds is 5.